The molecule has 0 saturated heterocycles. The fourth-order valence-corrected chi connectivity index (χ4v) is 0. The number of hydrogen-bond acceptors (Lipinski definition) is 2. The Hall–Kier alpha value is -0.625. The van der Waals surface area contributed by atoms with E-state index in [4.69, 9.17) is 11.1 Å². The van der Waals surface area contributed by atoms with Gasteiger partial charge in [0.2, 0.25) is 4.91 Å². The van der Waals surface area contributed by atoms with Gasteiger partial charge in [-0.15, -0.1) is 0 Å². The highest BCUT2D eigenvalue weighted by Crippen LogP contribution is 0.841. The van der Waals surface area contributed by atoms with E-state index in [1.54, 1.807) is 0 Å². The Kier molecular flexibility index (Phi) is 80.4. The lowest BCUT2D eigenvalue weighted by Gasteiger charge is -0.844. The lowest BCUT2D eigenvalue weighted by Crippen LogP contribution is -1.24. The van der Waals surface area contributed by atoms with E-state index in [-0.39, 0.29) is 8.41 Å². The van der Waals surface area contributed by atoms with Crippen LogP contribution in [0.2, 0.25) is 0 Å². The molecule has 19 valence electrons. The van der Waals surface area contributed by atoms with Crippen molar-refractivity contribution in [2.75, 3.05) is 0 Å². The monoisotopic (exact) mass is 55.0 g/mol. The minimum atomic E-state index is 0. The van der Waals surface area contributed by atoms with E-state index in [9.17, 15) is 0 Å². The van der Waals surface area contributed by atoms with Crippen LogP contribution in [0.25, 0.3) is 0 Å². The third-order valence-electron chi connectivity index (χ3n) is 0. The first-order valence-corrected chi connectivity index (χ1v) is 0.447. The molecule has 0 aliphatic heterocycles. The van der Waals surface area contributed by atoms with Crippen LogP contribution in [0.3, 0.4) is 0 Å². The summed E-state index contributed by atoms with van der Waals surface area (Å²) in [5, 5.41) is 0. The van der Waals surface area contributed by atoms with Crippen LogP contribution in [0.4, 0.5) is 0 Å². The standard InChI is InChI=1S/B.H2N3/c;1-3-2/h;1-2H/q;+1. The van der Waals surface area contributed by atoms with E-state index >= 15 is 0 Å². The van der Waals surface area contributed by atoms with Crippen LogP contribution in [-0.4, -0.2) is 8.41 Å². The summed E-state index contributed by atoms with van der Waals surface area (Å²) in [7, 11) is 0. The van der Waals surface area contributed by atoms with Gasteiger partial charge in [-0.05, 0) is 0 Å². The summed E-state index contributed by atoms with van der Waals surface area (Å²) >= 11 is 0. The maximum atomic E-state index is 5.50. The van der Waals surface area contributed by atoms with Crippen molar-refractivity contribution in [2.24, 2.45) is 0 Å². The second-order valence-corrected chi connectivity index (χ2v) is 0.112. The molecule has 0 aromatic carbocycles. The Balaban J connectivity index is 0. The first-order chi connectivity index (χ1) is 1.41. The average Bonchev–Trinajstić information content (AvgIpc) is 0.918. The predicted octanol–water partition coefficient (Wildman–Crippen LogP) is -0.265. The lowest BCUT2D eigenvalue weighted by atomic mass is 10.8. The van der Waals surface area contributed by atoms with Gasteiger partial charge in [-0.1, -0.05) is 0 Å². The van der Waals surface area contributed by atoms with Gasteiger partial charge in [0.15, 0.2) is 0 Å². The molecule has 0 unspecified atom stereocenters. The van der Waals surface area contributed by atoms with Gasteiger partial charge in [0.25, 0.3) is 0 Å². The molecule has 4 heteroatoms. The molecule has 0 aliphatic carbocycles. The fraction of sp³-hybridized carbons (Fsp3) is 0. The maximum Gasteiger partial charge on any atom is 0.211 e. The SMILES string of the molecule is N=[N+]=N.[B]. The Bertz CT molecular complexity index is 24.3. The van der Waals surface area contributed by atoms with Crippen molar-refractivity contribution < 1.29 is 0 Å². The van der Waals surface area contributed by atoms with Crippen LogP contribution in [0.1, 0.15) is 0 Å². The molecule has 2 N–H and O–H groups in total. The van der Waals surface area contributed by atoms with Gasteiger partial charge in [-0.2, -0.15) is 0 Å². The second-order valence-electron chi connectivity index (χ2n) is 0.112. The van der Waals surface area contributed by atoms with E-state index in [1.165, 1.54) is 0 Å². The van der Waals surface area contributed by atoms with Gasteiger partial charge in [0, 0.05) is 8.41 Å². The Morgan fingerprint density at radius 3 is 1.25 bits per heavy atom. The molecule has 0 aromatic heterocycles. The average molecular weight is 54.8 g/mol. The molecule has 0 amide bonds. The molecule has 0 atom stereocenters. The van der Waals surface area contributed by atoms with E-state index < -0.39 is 0 Å². The summed E-state index contributed by atoms with van der Waals surface area (Å²) in [5.74, 6) is 0. The van der Waals surface area contributed by atoms with Crippen LogP contribution in [0.15, 0.2) is 0 Å². The number of rotatable bonds is 0. The van der Waals surface area contributed by atoms with Crippen LogP contribution in [-0.2, 0) is 0 Å². The van der Waals surface area contributed by atoms with Crippen molar-refractivity contribution in [3.8, 4) is 0 Å². The molecular weight excluding hydrogens is 52.8 g/mol. The molecule has 3 radical (unpaired) electrons. The highest BCUT2D eigenvalue weighted by atomic mass is 15.0. The van der Waals surface area contributed by atoms with Gasteiger partial charge >= 0.3 is 0 Å². The highest BCUT2D eigenvalue weighted by molar-refractivity contribution is 5.75. The first kappa shape index (κ1) is 10.1. The molecule has 0 rings (SSSR count). The predicted molar refractivity (Wildman–Crippen MR) is 13.3 cm³/mol. The van der Waals surface area contributed by atoms with Crippen molar-refractivity contribution in [3.63, 3.8) is 0 Å². The van der Waals surface area contributed by atoms with E-state index in [0.717, 1.165) is 0 Å². The molecule has 0 spiro atoms. The minimum Gasteiger partial charge on any atom is 0 e. The highest BCUT2D eigenvalue weighted by Gasteiger charge is 1.16. The van der Waals surface area contributed by atoms with Gasteiger partial charge < -0.3 is 0 Å². The number of hydrogen-bond donors (Lipinski definition) is 2. The third kappa shape index (κ3) is 0.495. The van der Waals surface area contributed by atoms with Crippen LogP contribution in [0, 0.1) is 11.1 Å². The summed E-state index contributed by atoms with van der Waals surface area (Å²) in [5.41, 5.74) is 11.0. The molecular formula is H2BN3+. The molecule has 4 heavy (non-hydrogen) atoms. The molecule has 0 aromatic rings. The lowest BCUT2D eigenvalue weighted by molar-refractivity contribution is 0.928. The van der Waals surface area contributed by atoms with Crippen molar-refractivity contribution in [1.82, 2.24) is 4.91 Å². The first-order valence-electron chi connectivity index (χ1n) is 0.447. The maximum absolute atomic E-state index is 5.50. The summed E-state index contributed by atoms with van der Waals surface area (Å²) in [6.07, 6.45) is 0. The zero-order valence-corrected chi connectivity index (χ0v) is 2.02. The summed E-state index contributed by atoms with van der Waals surface area (Å²) < 4.78 is 0. The largest absolute Gasteiger partial charge is 0.211 e. The second kappa shape index (κ2) is 31.9. The van der Waals surface area contributed by atoms with E-state index in [0.29, 0.717) is 0 Å². The van der Waals surface area contributed by atoms with Crippen LogP contribution in [0.5, 0.6) is 0 Å². The zero-order valence-electron chi connectivity index (χ0n) is 2.02. The van der Waals surface area contributed by atoms with Gasteiger partial charge in [0.1, 0.15) is 11.1 Å². The summed E-state index contributed by atoms with van der Waals surface area (Å²) in [6, 6.07) is 0. The summed E-state index contributed by atoms with van der Waals surface area (Å²) in [4.78, 5) is 2.00. The molecule has 0 aliphatic rings. The van der Waals surface area contributed by atoms with E-state index in [1.807, 2.05) is 4.91 Å². The molecule has 0 fully saturated rings. The number of nitrogens with one attached hydrogen (secondary N) is 2. The Morgan fingerprint density at radius 2 is 1.25 bits per heavy atom. The fourth-order valence-electron chi connectivity index (χ4n) is 0. The quantitative estimate of drug-likeness (QED) is 0.217. The van der Waals surface area contributed by atoms with Crippen LogP contribution < -0.4 is 4.91 Å². The van der Waals surface area contributed by atoms with Crippen LogP contribution >= 0.6 is 0 Å². The Labute approximate surface area is 25.6 Å². The topological polar surface area (TPSA) is 61.8 Å². The molecule has 0 bridgehead atoms. The zero-order chi connectivity index (χ0) is 2.71. The van der Waals surface area contributed by atoms with Crippen molar-refractivity contribution in [1.29, 1.82) is 11.1 Å². The van der Waals surface area contributed by atoms with Crippen molar-refractivity contribution >= 4 is 8.41 Å². The summed E-state index contributed by atoms with van der Waals surface area (Å²) in [6.45, 7) is 0. The number of nitrogens with zero attached hydrogens (tertiary/aromatic N) is 1. The molecule has 0 heterocycles. The normalized spacial score (nSPS) is 2.00. The van der Waals surface area contributed by atoms with Crippen molar-refractivity contribution in [3.05, 3.63) is 0 Å². The minimum absolute atomic E-state index is 0. The van der Waals surface area contributed by atoms with Gasteiger partial charge in [0.05, 0.1) is 0 Å². The Morgan fingerprint density at radius 1 is 1.25 bits per heavy atom. The van der Waals surface area contributed by atoms with Crippen molar-refractivity contribution in [2.45, 2.75) is 0 Å². The molecule has 0 saturated carbocycles. The van der Waals surface area contributed by atoms with E-state index in [2.05, 4.69) is 0 Å². The molecule has 3 nitrogen and oxygen atoms in total. The van der Waals surface area contributed by atoms with Gasteiger partial charge in [-0.3, -0.25) is 0 Å². The smallest absolute Gasteiger partial charge is 0 e. The third-order valence-corrected chi connectivity index (χ3v) is 0. The van der Waals surface area contributed by atoms with Gasteiger partial charge in [-0.25, -0.2) is 0 Å².